The van der Waals surface area contributed by atoms with Crippen LogP contribution in [0, 0.1) is 0 Å². The maximum Gasteiger partial charge on any atom is 0.286 e. The van der Waals surface area contributed by atoms with Crippen LogP contribution < -0.4 is 4.90 Å². The van der Waals surface area contributed by atoms with Gasteiger partial charge in [-0.2, -0.15) is 4.99 Å². The summed E-state index contributed by atoms with van der Waals surface area (Å²) in [7, 11) is 0. The predicted molar refractivity (Wildman–Crippen MR) is 155 cm³/mol. The van der Waals surface area contributed by atoms with Gasteiger partial charge in [-0.3, -0.25) is 9.78 Å². The molecule has 3 aliphatic heterocycles. The normalized spacial score (nSPS) is 19.9. The number of likely N-dealkylation sites (N-methyl/N-ethyl adjacent to an activating group) is 1. The Bertz CT molecular complexity index is 1410. The van der Waals surface area contributed by atoms with Crippen molar-refractivity contribution in [3.8, 4) is 11.1 Å². The second-order valence-corrected chi connectivity index (χ2v) is 11.1. The van der Waals surface area contributed by atoms with Gasteiger partial charge in [-0.1, -0.05) is 30.7 Å². The first-order chi connectivity index (χ1) is 18.1. The van der Waals surface area contributed by atoms with Gasteiger partial charge in [0.15, 0.2) is 5.17 Å². The van der Waals surface area contributed by atoms with E-state index in [9.17, 15) is 4.79 Å². The molecule has 190 valence electrons. The number of benzene rings is 2. The number of aromatic nitrogens is 1. The van der Waals surface area contributed by atoms with E-state index in [4.69, 9.17) is 11.6 Å². The summed E-state index contributed by atoms with van der Waals surface area (Å²) < 4.78 is 0. The first-order valence-electron chi connectivity index (χ1n) is 13.0. The molecule has 0 spiro atoms. The lowest BCUT2D eigenvalue weighted by molar-refractivity contribution is -0.113. The van der Waals surface area contributed by atoms with Crippen molar-refractivity contribution in [3.63, 3.8) is 0 Å². The molecule has 2 fully saturated rings. The molecule has 3 aromatic rings. The fourth-order valence-corrected chi connectivity index (χ4v) is 6.60. The molecule has 0 aliphatic carbocycles. The Morgan fingerprint density at radius 1 is 0.973 bits per heavy atom. The molecule has 2 aromatic carbocycles. The number of halogens is 1. The number of aliphatic imine (C=N–C) groups is 1. The minimum Gasteiger partial charge on any atom is -0.368 e. The number of amides is 1. The molecule has 4 heterocycles. The topological polar surface area (TPSA) is 52.0 Å². The first kappa shape index (κ1) is 24.5. The molecule has 0 radical (unpaired) electrons. The van der Waals surface area contributed by atoms with E-state index in [-0.39, 0.29) is 5.91 Å². The molecule has 0 N–H and O–H groups in total. The van der Waals surface area contributed by atoms with E-state index in [2.05, 4.69) is 55.9 Å². The molecule has 2 saturated heterocycles. The van der Waals surface area contributed by atoms with Crippen LogP contribution in [0.4, 0.5) is 5.69 Å². The summed E-state index contributed by atoms with van der Waals surface area (Å²) in [5.41, 5.74) is 5.11. The number of likely N-dealkylation sites (tertiary alicyclic amines) is 1. The van der Waals surface area contributed by atoms with Gasteiger partial charge >= 0.3 is 0 Å². The highest BCUT2D eigenvalue weighted by molar-refractivity contribution is 8.18. The van der Waals surface area contributed by atoms with E-state index < -0.39 is 0 Å². The van der Waals surface area contributed by atoms with Crippen molar-refractivity contribution in [2.45, 2.75) is 19.8 Å². The van der Waals surface area contributed by atoms with Crippen LogP contribution >= 0.6 is 23.4 Å². The summed E-state index contributed by atoms with van der Waals surface area (Å²) in [6.07, 6.45) is 6.11. The second-order valence-electron chi connectivity index (χ2n) is 9.73. The number of amidine groups is 1. The van der Waals surface area contributed by atoms with Gasteiger partial charge in [-0.15, -0.1) is 0 Å². The van der Waals surface area contributed by atoms with Crippen molar-refractivity contribution in [3.05, 3.63) is 64.2 Å². The third-order valence-corrected chi connectivity index (χ3v) is 8.82. The summed E-state index contributed by atoms with van der Waals surface area (Å²) in [6, 6.07) is 14.5. The van der Waals surface area contributed by atoms with Gasteiger partial charge in [0, 0.05) is 50.9 Å². The molecule has 0 unspecified atom stereocenters. The van der Waals surface area contributed by atoms with Crippen LogP contribution in [0.15, 0.2) is 58.6 Å². The molecule has 0 atom stereocenters. The van der Waals surface area contributed by atoms with E-state index in [1.54, 1.807) is 0 Å². The molecule has 1 amide bonds. The number of pyridine rings is 1. The number of rotatable bonds is 4. The lowest BCUT2D eigenvalue weighted by atomic mass is 9.99. The minimum absolute atomic E-state index is 0.152. The second kappa shape index (κ2) is 10.5. The molecule has 6 rings (SSSR count). The number of carbonyl (C=O) groups excluding carboxylic acids is 1. The first-order valence-corrected chi connectivity index (χ1v) is 14.2. The van der Waals surface area contributed by atoms with Crippen molar-refractivity contribution in [1.82, 2.24) is 14.8 Å². The average Bonchev–Trinajstić information content (AvgIpc) is 3.59. The molecule has 37 heavy (non-hydrogen) atoms. The number of fused-ring (bicyclic) bond motifs is 1. The summed E-state index contributed by atoms with van der Waals surface area (Å²) in [6.45, 7) is 9.37. The van der Waals surface area contributed by atoms with E-state index in [0.29, 0.717) is 4.91 Å². The molecule has 0 saturated carbocycles. The van der Waals surface area contributed by atoms with Crippen LogP contribution in [-0.2, 0) is 4.79 Å². The van der Waals surface area contributed by atoms with Crippen molar-refractivity contribution in [2.75, 3.05) is 50.7 Å². The molecule has 1 aromatic heterocycles. The number of nitrogens with zero attached hydrogens (tertiary/aromatic N) is 5. The zero-order valence-corrected chi connectivity index (χ0v) is 22.6. The third-order valence-electron chi connectivity index (χ3n) is 7.47. The molecule has 6 nitrogen and oxygen atoms in total. The Hall–Kier alpha value is -2.87. The molecule has 3 aliphatic rings. The van der Waals surface area contributed by atoms with Gasteiger partial charge in [0.1, 0.15) is 0 Å². The van der Waals surface area contributed by atoms with Gasteiger partial charge in [0.25, 0.3) is 5.91 Å². The fraction of sp³-hybridized carbons (Fsp3) is 0.345. The average molecular weight is 532 g/mol. The maximum absolute atomic E-state index is 12.6. The fourth-order valence-electron chi connectivity index (χ4n) is 5.33. The van der Waals surface area contributed by atoms with E-state index in [1.807, 2.05) is 30.5 Å². The highest BCUT2D eigenvalue weighted by atomic mass is 35.5. The molecular weight excluding hydrogens is 502 g/mol. The monoisotopic (exact) mass is 531 g/mol. The SMILES string of the molecule is CCN1CCN(c2ccc(-c3ccnc4ccc(C=C5SC(N6CCCC6)=NC5=O)cc34)cc2Cl)CC1. The zero-order chi connectivity index (χ0) is 25.4. The summed E-state index contributed by atoms with van der Waals surface area (Å²) in [4.78, 5) is 29.2. The maximum atomic E-state index is 12.6. The van der Waals surface area contributed by atoms with Gasteiger partial charge in [0.2, 0.25) is 0 Å². The van der Waals surface area contributed by atoms with Gasteiger partial charge in [-0.25, -0.2) is 0 Å². The molecule has 0 bridgehead atoms. The molecule has 8 heteroatoms. The van der Waals surface area contributed by atoms with Crippen LogP contribution in [0.25, 0.3) is 28.1 Å². The quantitative estimate of drug-likeness (QED) is 0.399. The Morgan fingerprint density at radius 2 is 1.78 bits per heavy atom. The van der Waals surface area contributed by atoms with Crippen LogP contribution in [-0.4, -0.2) is 71.7 Å². The Balaban J connectivity index is 1.28. The summed E-state index contributed by atoms with van der Waals surface area (Å²) in [5.74, 6) is -0.152. The zero-order valence-electron chi connectivity index (χ0n) is 21.0. The van der Waals surface area contributed by atoms with Crippen molar-refractivity contribution < 1.29 is 4.79 Å². The summed E-state index contributed by atoms with van der Waals surface area (Å²) in [5, 5.41) is 2.64. The van der Waals surface area contributed by atoms with Crippen LogP contribution in [0.5, 0.6) is 0 Å². The van der Waals surface area contributed by atoms with Crippen LogP contribution in [0.2, 0.25) is 5.02 Å². The summed E-state index contributed by atoms with van der Waals surface area (Å²) >= 11 is 8.31. The Kier molecular flexibility index (Phi) is 6.93. The van der Waals surface area contributed by atoms with Gasteiger partial charge in [-0.05, 0) is 84.2 Å². The Labute approximate surface area is 227 Å². The van der Waals surface area contributed by atoms with Gasteiger partial charge < -0.3 is 14.7 Å². The highest BCUT2D eigenvalue weighted by Gasteiger charge is 2.27. The van der Waals surface area contributed by atoms with Crippen LogP contribution in [0.1, 0.15) is 25.3 Å². The smallest absolute Gasteiger partial charge is 0.286 e. The Morgan fingerprint density at radius 3 is 2.54 bits per heavy atom. The van der Waals surface area contributed by atoms with E-state index >= 15 is 0 Å². The van der Waals surface area contributed by atoms with Gasteiger partial charge in [0.05, 0.1) is 21.1 Å². The lowest BCUT2D eigenvalue weighted by Gasteiger charge is -2.36. The number of hydrogen-bond donors (Lipinski definition) is 0. The van der Waals surface area contributed by atoms with Crippen molar-refractivity contribution in [2.24, 2.45) is 4.99 Å². The van der Waals surface area contributed by atoms with E-state index in [1.165, 1.54) is 11.8 Å². The van der Waals surface area contributed by atoms with Crippen LogP contribution in [0.3, 0.4) is 0 Å². The number of thioether (sulfide) groups is 1. The largest absolute Gasteiger partial charge is 0.368 e. The van der Waals surface area contributed by atoms with Crippen molar-refractivity contribution in [1.29, 1.82) is 0 Å². The lowest BCUT2D eigenvalue weighted by Crippen LogP contribution is -2.46. The third kappa shape index (κ3) is 5.00. The number of carbonyl (C=O) groups is 1. The van der Waals surface area contributed by atoms with Crippen molar-refractivity contribution >= 4 is 57.1 Å². The minimum atomic E-state index is -0.152. The standard InChI is InChI=1S/C29H30ClN5OS/c1-2-33-13-15-34(16-14-33)26-8-6-21(19-24(26)30)22-9-10-31-25-7-5-20(17-23(22)25)18-27-28(36)32-29(37-27)35-11-3-4-12-35/h5-10,17-19H,2-4,11-16H2,1H3. The number of piperazine rings is 1. The highest BCUT2D eigenvalue weighted by Crippen LogP contribution is 2.36. The van der Waals surface area contributed by atoms with E-state index in [0.717, 1.165) is 102 Å². The number of anilines is 1. The predicted octanol–water partition coefficient (Wildman–Crippen LogP) is 5.76. The molecular formula is C29H30ClN5OS. The number of hydrogen-bond acceptors (Lipinski definition) is 6.